The number of nitrogens with one attached hydrogen (secondary N) is 2. The first kappa shape index (κ1) is 20.8. The molecule has 0 unspecified atom stereocenters. The number of rotatable bonds is 6. The molecule has 168 valence electrons. The average molecular weight is 444 g/mol. The number of esters is 1. The summed E-state index contributed by atoms with van der Waals surface area (Å²) in [6, 6.07) is 17.5. The lowest BCUT2D eigenvalue weighted by atomic mass is 10.1. The molecule has 5 rings (SSSR count). The number of carbonyl (C=O) groups is 2. The molecule has 0 bridgehead atoms. The van der Waals surface area contributed by atoms with Crippen LogP contribution in [0, 0.1) is 0 Å². The lowest BCUT2D eigenvalue weighted by Gasteiger charge is -2.16. The fourth-order valence-electron chi connectivity index (χ4n) is 4.12. The quantitative estimate of drug-likeness (QED) is 0.447. The highest BCUT2D eigenvalue weighted by Crippen LogP contribution is 2.21. The van der Waals surface area contributed by atoms with Crippen molar-refractivity contribution in [3.8, 4) is 0 Å². The van der Waals surface area contributed by atoms with E-state index in [4.69, 9.17) is 4.74 Å². The van der Waals surface area contributed by atoms with E-state index in [0.717, 1.165) is 17.3 Å². The summed E-state index contributed by atoms with van der Waals surface area (Å²) in [6.45, 7) is 1.18. The van der Waals surface area contributed by atoms with Gasteiger partial charge >= 0.3 is 5.97 Å². The van der Waals surface area contributed by atoms with Crippen molar-refractivity contribution < 1.29 is 14.3 Å². The molecule has 1 aliphatic rings. The summed E-state index contributed by atoms with van der Waals surface area (Å²) in [7, 11) is 1.89. The van der Waals surface area contributed by atoms with Gasteiger partial charge in [0.2, 0.25) is 0 Å². The van der Waals surface area contributed by atoms with Crippen LogP contribution in [-0.4, -0.2) is 45.4 Å². The molecular weight excluding hydrogens is 418 g/mol. The fraction of sp³-hybridized carbons (Fsp3) is 0.240. The Morgan fingerprint density at radius 1 is 1.12 bits per heavy atom. The number of hydrogen-bond donors (Lipinski definition) is 2. The summed E-state index contributed by atoms with van der Waals surface area (Å²) in [5, 5.41) is 11.5. The minimum Gasteiger partial charge on any atom is -0.460 e. The molecule has 3 heterocycles. The van der Waals surface area contributed by atoms with Gasteiger partial charge in [-0.3, -0.25) is 9.48 Å². The molecule has 4 aromatic rings. The smallest absolute Gasteiger partial charge is 0.340 e. The number of hydrogen-bond acceptors (Lipinski definition) is 5. The zero-order valence-electron chi connectivity index (χ0n) is 18.3. The Kier molecular flexibility index (Phi) is 5.56. The van der Waals surface area contributed by atoms with Crippen LogP contribution in [0.15, 0.2) is 67.0 Å². The van der Waals surface area contributed by atoms with Gasteiger partial charge in [0.15, 0.2) is 5.69 Å². The van der Waals surface area contributed by atoms with Crippen molar-refractivity contribution in [2.24, 2.45) is 7.05 Å². The van der Waals surface area contributed by atoms with E-state index < -0.39 is 5.97 Å². The van der Waals surface area contributed by atoms with Crippen LogP contribution in [0.3, 0.4) is 0 Å². The number of anilines is 1. The van der Waals surface area contributed by atoms with Gasteiger partial charge in [0.25, 0.3) is 5.91 Å². The molecule has 0 aliphatic carbocycles. The van der Waals surface area contributed by atoms with Gasteiger partial charge in [-0.1, -0.05) is 48.5 Å². The van der Waals surface area contributed by atoms with Crippen molar-refractivity contribution in [2.45, 2.75) is 19.0 Å². The Morgan fingerprint density at radius 2 is 1.91 bits per heavy atom. The standard InChI is InChI=1S/C25H25N5O3/c1-29-14-20(19-9-5-6-10-22(19)29)25(32)33-16-18-13-26-21-15-30(28-23(21)24(31)27-18)12-11-17-7-3-2-4-8-17/h2-10,14-15,18,26H,11-13,16H2,1H3,(H,27,31)/t18-/m1/s1. The lowest BCUT2D eigenvalue weighted by molar-refractivity contribution is 0.0465. The second-order valence-corrected chi connectivity index (χ2v) is 8.21. The van der Waals surface area contributed by atoms with E-state index >= 15 is 0 Å². The Bertz CT molecular complexity index is 1310. The highest BCUT2D eigenvalue weighted by molar-refractivity contribution is 6.04. The van der Waals surface area contributed by atoms with Gasteiger partial charge in [-0.15, -0.1) is 0 Å². The highest BCUT2D eigenvalue weighted by Gasteiger charge is 2.26. The molecule has 0 fully saturated rings. The van der Waals surface area contributed by atoms with Crippen molar-refractivity contribution in [3.63, 3.8) is 0 Å². The predicted molar refractivity (Wildman–Crippen MR) is 125 cm³/mol. The van der Waals surface area contributed by atoms with E-state index in [1.54, 1.807) is 10.9 Å². The first-order valence-corrected chi connectivity index (χ1v) is 11.0. The molecule has 0 saturated carbocycles. The van der Waals surface area contributed by atoms with Crippen molar-refractivity contribution in [1.29, 1.82) is 0 Å². The monoisotopic (exact) mass is 443 g/mol. The third-order valence-corrected chi connectivity index (χ3v) is 5.86. The van der Waals surface area contributed by atoms with E-state index in [9.17, 15) is 9.59 Å². The Balaban J connectivity index is 1.20. The maximum atomic E-state index is 12.7. The van der Waals surface area contributed by atoms with Crippen LogP contribution in [0.5, 0.6) is 0 Å². The van der Waals surface area contributed by atoms with Crippen LogP contribution in [0.2, 0.25) is 0 Å². The maximum absolute atomic E-state index is 12.7. The average Bonchev–Trinajstić information content (AvgIpc) is 3.37. The summed E-state index contributed by atoms with van der Waals surface area (Å²) in [6.07, 6.45) is 4.45. The summed E-state index contributed by atoms with van der Waals surface area (Å²) in [5.41, 5.74) is 3.73. The number of benzene rings is 2. The predicted octanol–water partition coefficient (Wildman–Crippen LogP) is 3.00. The molecule has 0 radical (unpaired) electrons. The third kappa shape index (κ3) is 4.32. The molecular formula is C25H25N5O3. The summed E-state index contributed by atoms with van der Waals surface area (Å²) in [5.74, 6) is -0.686. The number of fused-ring (bicyclic) bond motifs is 2. The van der Waals surface area contributed by atoms with Crippen LogP contribution in [-0.2, 0) is 24.8 Å². The number of carbonyl (C=O) groups excluding carboxylic acids is 2. The molecule has 2 aromatic heterocycles. The number of para-hydroxylation sites is 1. The van der Waals surface area contributed by atoms with Crippen LogP contribution in [0.1, 0.15) is 26.4 Å². The molecule has 2 N–H and O–H groups in total. The van der Waals surface area contributed by atoms with Gasteiger partial charge in [0, 0.05) is 43.4 Å². The minimum atomic E-state index is -0.408. The molecule has 33 heavy (non-hydrogen) atoms. The van der Waals surface area contributed by atoms with Crippen LogP contribution >= 0.6 is 0 Å². The number of aromatic nitrogens is 3. The van der Waals surface area contributed by atoms with E-state index in [2.05, 4.69) is 27.9 Å². The zero-order chi connectivity index (χ0) is 22.8. The molecule has 8 heteroatoms. The minimum absolute atomic E-state index is 0.0685. The fourth-order valence-corrected chi connectivity index (χ4v) is 4.12. The van der Waals surface area contributed by atoms with E-state index in [-0.39, 0.29) is 18.6 Å². The normalized spacial score (nSPS) is 15.4. The second kappa shape index (κ2) is 8.82. The maximum Gasteiger partial charge on any atom is 0.340 e. The van der Waals surface area contributed by atoms with E-state index in [1.165, 1.54) is 5.56 Å². The number of ether oxygens (including phenoxy) is 1. The SMILES string of the molecule is Cn1cc(C(=O)OC[C@H]2CNc3cn(CCc4ccccc4)nc3C(=O)N2)c2ccccc21. The van der Waals surface area contributed by atoms with Crippen molar-refractivity contribution >= 4 is 28.5 Å². The van der Waals surface area contributed by atoms with Crippen LogP contribution in [0.25, 0.3) is 10.9 Å². The Hall–Kier alpha value is -4.07. The number of nitrogens with zero attached hydrogens (tertiary/aromatic N) is 3. The Labute approximate surface area is 191 Å². The van der Waals surface area contributed by atoms with Gasteiger partial charge in [0.1, 0.15) is 6.61 Å². The van der Waals surface area contributed by atoms with Crippen molar-refractivity contribution in [1.82, 2.24) is 19.7 Å². The van der Waals surface area contributed by atoms with Gasteiger partial charge in [-0.2, -0.15) is 5.10 Å². The first-order valence-electron chi connectivity index (χ1n) is 11.0. The third-order valence-electron chi connectivity index (χ3n) is 5.86. The molecule has 0 saturated heterocycles. The van der Waals surface area contributed by atoms with Gasteiger partial charge in [0.05, 0.1) is 17.3 Å². The number of amides is 1. The topological polar surface area (TPSA) is 90.2 Å². The molecule has 1 atom stereocenters. The Morgan fingerprint density at radius 3 is 2.76 bits per heavy atom. The molecule has 1 amide bonds. The van der Waals surface area contributed by atoms with Crippen LogP contribution < -0.4 is 10.6 Å². The van der Waals surface area contributed by atoms with Crippen LogP contribution in [0.4, 0.5) is 5.69 Å². The summed E-state index contributed by atoms with van der Waals surface area (Å²) >= 11 is 0. The van der Waals surface area contributed by atoms with Gasteiger partial charge < -0.3 is 19.9 Å². The molecule has 8 nitrogen and oxygen atoms in total. The summed E-state index contributed by atoms with van der Waals surface area (Å²) < 4.78 is 9.23. The molecule has 0 spiro atoms. The van der Waals surface area contributed by atoms with E-state index in [0.29, 0.717) is 30.0 Å². The zero-order valence-corrected chi connectivity index (χ0v) is 18.3. The largest absolute Gasteiger partial charge is 0.460 e. The van der Waals surface area contributed by atoms with Gasteiger partial charge in [-0.05, 0) is 18.1 Å². The second-order valence-electron chi connectivity index (χ2n) is 8.21. The van der Waals surface area contributed by atoms with Crippen molar-refractivity contribution in [2.75, 3.05) is 18.5 Å². The lowest BCUT2D eigenvalue weighted by Crippen LogP contribution is -2.41. The van der Waals surface area contributed by atoms with E-state index in [1.807, 2.05) is 60.3 Å². The molecule has 1 aliphatic heterocycles. The first-order chi connectivity index (χ1) is 16.1. The summed E-state index contributed by atoms with van der Waals surface area (Å²) in [4.78, 5) is 25.4. The molecule has 2 aromatic carbocycles. The highest BCUT2D eigenvalue weighted by atomic mass is 16.5. The number of aryl methyl sites for hydroxylation is 3. The van der Waals surface area contributed by atoms with Gasteiger partial charge in [-0.25, -0.2) is 4.79 Å². The van der Waals surface area contributed by atoms with Crippen molar-refractivity contribution in [3.05, 3.63) is 83.8 Å².